The van der Waals surface area contributed by atoms with E-state index in [1.54, 1.807) is 6.07 Å². The molecule has 0 radical (unpaired) electrons. The van der Waals surface area contributed by atoms with E-state index in [1.165, 1.54) is 18.9 Å². The number of hydrogen-bond acceptors (Lipinski definition) is 2. The molecular formula is C19H17F3N2. The van der Waals surface area contributed by atoms with Crippen LogP contribution in [0, 0.1) is 63.6 Å². The topological polar surface area (TPSA) is 47.6 Å². The van der Waals surface area contributed by atoms with Gasteiger partial charge in [-0.1, -0.05) is 6.08 Å². The molecule has 5 heteroatoms. The van der Waals surface area contributed by atoms with E-state index in [2.05, 4.69) is 0 Å². The van der Waals surface area contributed by atoms with E-state index in [9.17, 15) is 23.7 Å². The summed E-state index contributed by atoms with van der Waals surface area (Å²) in [7, 11) is 0. The Kier molecular flexibility index (Phi) is 2.59. The van der Waals surface area contributed by atoms with E-state index in [1.807, 2.05) is 6.07 Å². The highest BCUT2D eigenvalue weighted by molar-refractivity contribution is 5.60. The third-order valence-electron chi connectivity index (χ3n) is 7.91. The van der Waals surface area contributed by atoms with Crippen LogP contribution in [0.2, 0.25) is 0 Å². The summed E-state index contributed by atoms with van der Waals surface area (Å²) < 4.78 is 40.7. The highest BCUT2D eigenvalue weighted by Gasteiger charge is 2.75. The minimum atomic E-state index is -4.52. The van der Waals surface area contributed by atoms with Crippen molar-refractivity contribution in [1.29, 1.82) is 10.5 Å². The highest BCUT2D eigenvalue weighted by atomic mass is 19.4. The van der Waals surface area contributed by atoms with Crippen LogP contribution < -0.4 is 0 Å². The number of fused-ring (bicyclic) bond motifs is 6. The number of allylic oxidation sites excluding steroid dienone is 4. The molecule has 2 nitrogen and oxygen atoms in total. The highest BCUT2D eigenvalue weighted by Crippen LogP contribution is 2.80. The molecule has 0 amide bonds. The van der Waals surface area contributed by atoms with Crippen molar-refractivity contribution in [2.45, 2.75) is 38.3 Å². The minimum Gasteiger partial charge on any atom is -0.198 e. The normalized spacial score (nSPS) is 47.5. The standard InChI is InChI=1S/C19H17F3N2/c20-19(21,22)15-7-18(12(5-6-23)11(15)8-24)13-3-4-14(18)17-10-2-1-9(10)16(13)17/h7,9-10,13-14,16-17H,1-5H2. The lowest BCUT2D eigenvalue weighted by atomic mass is 9.44. The second kappa shape index (κ2) is 4.26. The van der Waals surface area contributed by atoms with E-state index < -0.39 is 17.2 Å². The van der Waals surface area contributed by atoms with Crippen molar-refractivity contribution in [3.8, 4) is 12.1 Å². The number of rotatable bonds is 1. The third kappa shape index (κ3) is 1.36. The Bertz CT molecular complexity index is 752. The van der Waals surface area contributed by atoms with Crippen molar-refractivity contribution in [1.82, 2.24) is 0 Å². The molecule has 4 saturated carbocycles. The van der Waals surface area contributed by atoms with E-state index >= 15 is 0 Å². The molecule has 2 bridgehead atoms. The van der Waals surface area contributed by atoms with Crippen molar-refractivity contribution in [2.24, 2.45) is 40.9 Å². The lowest BCUT2D eigenvalue weighted by Gasteiger charge is -2.61. The number of alkyl halides is 3. The first-order valence-electron chi connectivity index (χ1n) is 8.76. The van der Waals surface area contributed by atoms with Crippen molar-refractivity contribution in [3.63, 3.8) is 0 Å². The average molecular weight is 330 g/mol. The van der Waals surface area contributed by atoms with E-state index in [4.69, 9.17) is 0 Å². The molecule has 5 aliphatic carbocycles. The Hall–Kier alpha value is -1.75. The summed E-state index contributed by atoms with van der Waals surface area (Å²) in [6.07, 6.45) is 1.13. The van der Waals surface area contributed by atoms with Crippen molar-refractivity contribution in [2.75, 3.05) is 0 Å². The quantitative estimate of drug-likeness (QED) is 0.709. The van der Waals surface area contributed by atoms with Gasteiger partial charge in [-0.15, -0.1) is 0 Å². The fourth-order valence-corrected chi connectivity index (χ4v) is 7.31. The van der Waals surface area contributed by atoms with Gasteiger partial charge in [0.15, 0.2) is 0 Å². The molecule has 6 atom stereocenters. The van der Waals surface area contributed by atoms with Crippen LogP contribution in [0.5, 0.6) is 0 Å². The van der Waals surface area contributed by atoms with Crippen LogP contribution in [-0.4, -0.2) is 6.18 Å². The van der Waals surface area contributed by atoms with E-state index in [0.29, 0.717) is 29.2 Å². The maximum atomic E-state index is 13.6. The van der Waals surface area contributed by atoms with Gasteiger partial charge in [0.2, 0.25) is 0 Å². The van der Waals surface area contributed by atoms with Crippen LogP contribution in [0.1, 0.15) is 32.1 Å². The van der Waals surface area contributed by atoms with Gasteiger partial charge >= 0.3 is 6.18 Å². The Morgan fingerprint density at radius 3 is 2.04 bits per heavy atom. The van der Waals surface area contributed by atoms with Gasteiger partial charge < -0.3 is 0 Å². The number of hydrogen-bond donors (Lipinski definition) is 0. The Labute approximate surface area is 138 Å². The first kappa shape index (κ1) is 14.6. The second-order valence-corrected chi connectivity index (χ2v) is 8.14. The van der Waals surface area contributed by atoms with Gasteiger partial charge in [-0.2, -0.15) is 23.7 Å². The summed E-state index contributed by atoms with van der Waals surface area (Å²) in [4.78, 5) is 0. The second-order valence-electron chi connectivity index (χ2n) is 8.14. The molecule has 0 aliphatic heterocycles. The van der Waals surface area contributed by atoms with Crippen LogP contribution in [-0.2, 0) is 0 Å². The summed E-state index contributed by atoms with van der Waals surface area (Å²) >= 11 is 0. The first-order chi connectivity index (χ1) is 11.4. The molecule has 24 heavy (non-hydrogen) atoms. The maximum absolute atomic E-state index is 13.6. The summed E-state index contributed by atoms with van der Waals surface area (Å²) in [6.45, 7) is 0. The lowest BCUT2D eigenvalue weighted by molar-refractivity contribution is -0.129. The molecule has 6 unspecified atom stereocenters. The molecule has 0 aromatic carbocycles. The van der Waals surface area contributed by atoms with Gasteiger partial charge in [0, 0.05) is 5.41 Å². The first-order valence-corrected chi connectivity index (χ1v) is 8.76. The molecule has 124 valence electrons. The monoisotopic (exact) mass is 330 g/mol. The molecule has 0 N–H and O–H groups in total. The van der Waals surface area contributed by atoms with Gasteiger partial charge in [0.05, 0.1) is 29.7 Å². The van der Waals surface area contributed by atoms with Gasteiger partial charge in [0.25, 0.3) is 0 Å². The number of nitrogens with zero attached hydrogens (tertiary/aromatic N) is 2. The molecule has 5 aliphatic rings. The molecule has 4 fully saturated rings. The summed E-state index contributed by atoms with van der Waals surface area (Å²) in [6, 6.07) is 3.85. The Morgan fingerprint density at radius 2 is 1.62 bits per heavy atom. The molecule has 1 spiro atoms. The zero-order valence-corrected chi connectivity index (χ0v) is 13.1. The van der Waals surface area contributed by atoms with Crippen LogP contribution >= 0.6 is 0 Å². The molecule has 5 rings (SSSR count). The molecular weight excluding hydrogens is 313 g/mol. The number of nitriles is 2. The van der Waals surface area contributed by atoms with Crippen molar-refractivity contribution < 1.29 is 13.2 Å². The summed E-state index contributed by atoms with van der Waals surface area (Å²) in [5.41, 5.74) is -1.20. The average Bonchev–Trinajstić information content (AvgIpc) is 3.08. The van der Waals surface area contributed by atoms with E-state index in [-0.39, 0.29) is 23.8 Å². The Balaban J connectivity index is 1.70. The maximum Gasteiger partial charge on any atom is 0.417 e. The summed E-state index contributed by atoms with van der Waals surface area (Å²) in [5.74, 6) is 2.86. The molecule has 0 saturated heterocycles. The third-order valence-corrected chi connectivity index (χ3v) is 7.91. The summed E-state index contributed by atoms with van der Waals surface area (Å²) in [5, 5.41) is 18.7. The predicted octanol–water partition coefficient (Wildman–Crippen LogP) is 4.52. The van der Waals surface area contributed by atoms with Gasteiger partial charge in [-0.05, 0) is 66.8 Å². The number of halogens is 3. The predicted molar refractivity (Wildman–Crippen MR) is 78.8 cm³/mol. The largest absolute Gasteiger partial charge is 0.417 e. The van der Waals surface area contributed by atoms with Crippen LogP contribution in [0.3, 0.4) is 0 Å². The SMILES string of the molecule is N#CCC1=C(C#N)C(C(F)(F)F)=CC12C1CCC2C2C3CCC3C21. The fraction of sp³-hybridized carbons (Fsp3) is 0.684. The van der Waals surface area contributed by atoms with Crippen LogP contribution in [0.15, 0.2) is 22.8 Å². The van der Waals surface area contributed by atoms with Crippen LogP contribution in [0.4, 0.5) is 13.2 Å². The Morgan fingerprint density at radius 1 is 1.04 bits per heavy atom. The zero-order chi connectivity index (χ0) is 16.9. The van der Waals surface area contributed by atoms with E-state index in [0.717, 1.165) is 12.8 Å². The zero-order valence-electron chi connectivity index (χ0n) is 13.1. The van der Waals surface area contributed by atoms with Crippen LogP contribution in [0.25, 0.3) is 0 Å². The molecule has 0 aromatic rings. The smallest absolute Gasteiger partial charge is 0.198 e. The van der Waals surface area contributed by atoms with Gasteiger partial charge in [-0.3, -0.25) is 0 Å². The van der Waals surface area contributed by atoms with Crippen molar-refractivity contribution in [3.05, 3.63) is 22.8 Å². The molecule has 0 heterocycles. The molecule has 0 aromatic heterocycles. The fourth-order valence-electron chi connectivity index (χ4n) is 7.31. The van der Waals surface area contributed by atoms with Gasteiger partial charge in [-0.25, -0.2) is 0 Å². The lowest BCUT2D eigenvalue weighted by Crippen LogP contribution is -2.55. The minimum absolute atomic E-state index is 0.0548. The van der Waals surface area contributed by atoms with Crippen molar-refractivity contribution >= 4 is 0 Å². The van der Waals surface area contributed by atoms with Gasteiger partial charge in [0.1, 0.15) is 0 Å².